The smallest absolute Gasteiger partial charge is 0.137 e. The fraction of sp³-hybridized carbons (Fsp3) is 0.588. The molecule has 0 amide bonds. The molecular weight excluding hydrogens is 262 g/mol. The van der Waals surface area contributed by atoms with E-state index in [0.29, 0.717) is 0 Å². The lowest BCUT2D eigenvalue weighted by molar-refractivity contribution is 0.104. The van der Waals surface area contributed by atoms with Crippen molar-refractivity contribution in [3.63, 3.8) is 0 Å². The Kier molecular flexibility index (Phi) is 4.00. The number of aryl methyl sites for hydroxylation is 1. The van der Waals surface area contributed by atoms with E-state index >= 15 is 0 Å². The summed E-state index contributed by atoms with van der Waals surface area (Å²) in [6.45, 7) is 5.33. The number of hydrogen-bond acceptors (Lipinski definition) is 3. The number of nitrogens with zero attached hydrogens (tertiary/aromatic N) is 2. The molecule has 2 aromatic heterocycles. The quantitative estimate of drug-likeness (QED) is 0.909. The predicted octanol–water partition coefficient (Wildman–Crippen LogP) is 2.67. The molecule has 4 nitrogen and oxygen atoms in total. The van der Waals surface area contributed by atoms with Crippen molar-refractivity contribution in [2.75, 3.05) is 6.61 Å². The summed E-state index contributed by atoms with van der Waals surface area (Å²) in [6.07, 6.45) is 6.56. The van der Waals surface area contributed by atoms with Crippen LogP contribution in [0.15, 0.2) is 24.4 Å². The Hall–Kier alpha value is -1.39. The van der Waals surface area contributed by atoms with E-state index in [0.717, 1.165) is 36.6 Å². The molecule has 1 fully saturated rings. The van der Waals surface area contributed by atoms with Crippen LogP contribution in [-0.2, 0) is 6.54 Å². The summed E-state index contributed by atoms with van der Waals surface area (Å²) in [6, 6.07) is 6.07. The Morgan fingerprint density at radius 3 is 2.86 bits per heavy atom. The second-order valence-electron chi connectivity index (χ2n) is 6.55. The van der Waals surface area contributed by atoms with Gasteiger partial charge in [0.25, 0.3) is 0 Å². The van der Waals surface area contributed by atoms with Gasteiger partial charge in [-0.2, -0.15) is 0 Å². The standard InChI is InChI=1S/C17H25N3O/c1-13-6-8-17(12-21,9-7-13)18-11-15-14(2)19-16-5-3-4-10-20(15)16/h3-5,10,13,18,21H,6-9,11-12H2,1-2H3. The van der Waals surface area contributed by atoms with Gasteiger partial charge in [0.15, 0.2) is 0 Å². The lowest BCUT2D eigenvalue weighted by Crippen LogP contribution is -2.50. The molecule has 0 aliphatic heterocycles. The maximum absolute atomic E-state index is 9.85. The first-order valence-electron chi connectivity index (χ1n) is 7.92. The van der Waals surface area contributed by atoms with Crippen molar-refractivity contribution < 1.29 is 5.11 Å². The van der Waals surface area contributed by atoms with Crippen LogP contribution in [0.4, 0.5) is 0 Å². The van der Waals surface area contributed by atoms with Gasteiger partial charge in [0.2, 0.25) is 0 Å². The number of aliphatic hydroxyl groups is 1. The minimum absolute atomic E-state index is 0.113. The number of aromatic nitrogens is 2. The molecule has 21 heavy (non-hydrogen) atoms. The number of rotatable bonds is 4. The molecule has 1 aliphatic carbocycles. The fourth-order valence-electron chi connectivity index (χ4n) is 3.35. The predicted molar refractivity (Wildman–Crippen MR) is 84.2 cm³/mol. The molecule has 0 unspecified atom stereocenters. The van der Waals surface area contributed by atoms with Crippen LogP contribution in [0.2, 0.25) is 0 Å². The molecular formula is C17H25N3O. The minimum atomic E-state index is -0.113. The number of hydrogen-bond donors (Lipinski definition) is 2. The minimum Gasteiger partial charge on any atom is -0.394 e. The number of aliphatic hydroxyl groups excluding tert-OH is 1. The molecule has 2 N–H and O–H groups in total. The molecule has 1 saturated carbocycles. The topological polar surface area (TPSA) is 49.6 Å². The Balaban J connectivity index is 1.78. The average molecular weight is 287 g/mol. The van der Waals surface area contributed by atoms with E-state index in [1.165, 1.54) is 18.5 Å². The van der Waals surface area contributed by atoms with Crippen molar-refractivity contribution in [2.45, 2.75) is 51.6 Å². The normalized spacial score (nSPS) is 26.3. The summed E-state index contributed by atoms with van der Waals surface area (Å²) < 4.78 is 2.14. The van der Waals surface area contributed by atoms with Gasteiger partial charge in [-0.05, 0) is 50.7 Å². The van der Waals surface area contributed by atoms with Crippen LogP contribution in [0.1, 0.15) is 44.0 Å². The van der Waals surface area contributed by atoms with Crippen molar-refractivity contribution >= 4 is 5.65 Å². The molecule has 0 radical (unpaired) electrons. The monoisotopic (exact) mass is 287 g/mol. The van der Waals surface area contributed by atoms with Crippen molar-refractivity contribution in [1.29, 1.82) is 0 Å². The molecule has 0 atom stereocenters. The summed E-state index contributed by atoms with van der Waals surface area (Å²) in [7, 11) is 0. The zero-order chi connectivity index (χ0) is 14.9. The molecule has 0 spiro atoms. The number of pyridine rings is 1. The fourth-order valence-corrected chi connectivity index (χ4v) is 3.35. The van der Waals surface area contributed by atoms with E-state index in [-0.39, 0.29) is 12.1 Å². The molecule has 0 aromatic carbocycles. The van der Waals surface area contributed by atoms with Crippen molar-refractivity contribution in [3.05, 3.63) is 35.8 Å². The Morgan fingerprint density at radius 2 is 2.14 bits per heavy atom. The average Bonchev–Trinajstić information content (AvgIpc) is 2.83. The maximum Gasteiger partial charge on any atom is 0.137 e. The van der Waals surface area contributed by atoms with Crippen LogP contribution in [0, 0.1) is 12.8 Å². The highest BCUT2D eigenvalue weighted by atomic mass is 16.3. The van der Waals surface area contributed by atoms with Gasteiger partial charge in [-0.25, -0.2) is 4.98 Å². The van der Waals surface area contributed by atoms with Gasteiger partial charge < -0.3 is 14.8 Å². The zero-order valence-electron chi connectivity index (χ0n) is 13.0. The molecule has 0 saturated heterocycles. The van der Waals surface area contributed by atoms with Gasteiger partial charge in [-0.3, -0.25) is 0 Å². The SMILES string of the molecule is Cc1nc2ccccn2c1CNC1(CO)CCC(C)CC1. The van der Waals surface area contributed by atoms with Crippen molar-refractivity contribution in [1.82, 2.24) is 14.7 Å². The second kappa shape index (κ2) is 5.78. The molecule has 4 heteroatoms. The maximum atomic E-state index is 9.85. The van der Waals surface area contributed by atoms with Gasteiger partial charge >= 0.3 is 0 Å². The van der Waals surface area contributed by atoms with Gasteiger partial charge in [-0.1, -0.05) is 13.0 Å². The highest BCUT2D eigenvalue weighted by Crippen LogP contribution is 2.32. The summed E-state index contributed by atoms with van der Waals surface area (Å²) in [4.78, 5) is 4.60. The first-order chi connectivity index (χ1) is 10.1. The summed E-state index contributed by atoms with van der Waals surface area (Å²) in [5.41, 5.74) is 3.13. The van der Waals surface area contributed by atoms with Gasteiger partial charge in [0.1, 0.15) is 5.65 Å². The van der Waals surface area contributed by atoms with Crippen LogP contribution in [-0.4, -0.2) is 26.6 Å². The van der Waals surface area contributed by atoms with Crippen molar-refractivity contribution in [2.24, 2.45) is 5.92 Å². The van der Waals surface area contributed by atoms with Crippen LogP contribution >= 0.6 is 0 Å². The lowest BCUT2D eigenvalue weighted by atomic mass is 9.77. The van der Waals surface area contributed by atoms with Crippen LogP contribution in [0.3, 0.4) is 0 Å². The molecule has 114 valence electrons. The number of imidazole rings is 1. The van der Waals surface area contributed by atoms with Gasteiger partial charge in [-0.15, -0.1) is 0 Å². The Labute approximate surface area is 126 Å². The third-order valence-electron chi connectivity index (χ3n) is 4.99. The number of fused-ring (bicyclic) bond motifs is 1. The first kappa shape index (κ1) is 14.5. The summed E-state index contributed by atoms with van der Waals surface area (Å²) >= 11 is 0. The van der Waals surface area contributed by atoms with E-state index < -0.39 is 0 Å². The van der Waals surface area contributed by atoms with Crippen LogP contribution in [0.25, 0.3) is 5.65 Å². The Morgan fingerprint density at radius 1 is 1.38 bits per heavy atom. The lowest BCUT2D eigenvalue weighted by Gasteiger charge is -2.39. The van der Waals surface area contributed by atoms with E-state index in [1.807, 2.05) is 18.2 Å². The summed E-state index contributed by atoms with van der Waals surface area (Å²) in [5.74, 6) is 0.781. The van der Waals surface area contributed by atoms with Crippen LogP contribution < -0.4 is 5.32 Å². The van der Waals surface area contributed by atoms with E-state index in [1.54, 1.807) is 0 Å². The molecule has 2 aromatic rings. The first-order valence-corrected chi connectivity index (χ1v) is 7.92. The third-order valence-corrected chi connectivity index (χ3v) is 4.99. The molecule has 0 bridgehead atoms. The molecule has 2 heterocycles. The zero-order valence-corrected chi connectivity index (χ0v) is 13.0. The molecule has 1 aliphatic rings. The van der Waals surface area contributed by atoms with E-state index in [2.05, 4.69) is 34.7 Å². The van der Waals surface area contributed by atoms with E-state index in [9.17, 15) is 5.11 Å². The van der Waals surface area contributed by atoms with E-state index in [4.69, 9.17) is 0 Å². The van der Waals surface area contributed by atoms with Gasteiger partial charge in [0, 0.05) is 18.3 Å². The Bertz CT molecular complexity index is 612. The highest BCUT2D eigenvalue weighted by molar-refractivity contribution is 5.42. The summed E-state index contributed by atoms with van der Waals surface area (Å²) in [5, 5.41) is 13.5. The van der Waals surface area contributed by atoms with Crippen LogP contribution in [0.5, 0.6) is 0 Å². The molecule has 3 rings (SSSR count). The second-order valence-corrected chi connectivity index (χ2v) is 6.55. The van der Waals surface area contributed by atoms with Gasteiger partial charge in [0.05, 0.1) is 18.0 Å². The van der Waals surface area contributed by atoms with Crippen molar-refractivity contribution in [3.8, 4) is 0 Å². The largest absolute Gasteiger partial charge is 0.394 e. The highest BCUT2D eigenvalue weighted by Gasteiger charge is 2.33. The third kappa shape index (κ3) is 2.83. The number of nitrogens with one attached hydrogen (secondary N) is 1.